The molecule has 1 aliphatic heterocycles. The van der Waals surface area contributed by atoms with Crippen LogP contribution in [0.3, 0.4) is 0 Å². The summed E-state index contributed by atoms with van der Waals surface area (Å²) >= 11 is 1.58. The Hall–Kier alpha value is -2.34. The smallest absolute Gasteiger partial charge is 0.259 e. The fraction of sp³-hybridized carbons (Fsp3) is 0.429. The van der Waals surface area contributed by atoms with Crippen molar-refractivity contribution in [3.8, 4) is 0 Å². The molecule has 1 fully saturated rings. The van der Waals surface area contributed by atoms with E-state index in [0.29, 0.717) is 5.82 Å². The minimum Gasteiger partial charge on any atom is -0.375 e. The van der Waals surface area contributed by atoms with Crippen LogP contribution in [0.4, 0.5) is 11.4 Å². The maximum Gasteiger partial charge on any atom is 0.259 e. The van der Waals surface area contributed by atoms with E-state index in [1.54, 1.807) is 11.3 Å². The first kappa shape index (κ1) is 18.0. The van der Waals surface area contributed by atoms with Crippen LogP contribution in [0.25, 0.3) is 10.2 Å². The second-order valence-electron chi connectivity index (χ2n) is 7.48. The number of rotatable bonds is 4. The maximum atomic E-state index is 12.5. The molecule has 3 heterocycles. The summed E-state index contributed by atoms with van der Waals surface area (Å²) in [5, 5.41) is 4.21. The molecule has 0 bridgehead atoms. The van der Waals surface area contributed by atoms with E-state index in [9.17, 15) is 4.79 Å². The lowest BCUT2D eigenvalue weighted by atomic mass is 10.1. The van der Waals surface area contributed by atoms with Crippen molar-refractivity contribution < 1.29 is 0 Å². The Balaban J connectivity index is 1.58. The Morgan fingerprint density at radius 3 is 2.67 bits per heavy atom. The van der Waals surface area contributed by atoms with Gasteiger partial charge in [0, 0.05) is 29.3 Å². The molecule has 1 aromatic carbocycles. The van der Waals surface area contributed by atoms with E-state index in [4.69, 9.17) is 4.98 Å². The fourth-order valence-electron chi connectivity index (χ4n) is 3.85. The molecular formula is C21H26N4OS. The van der Waals surface area contributed by atoms with Crippen molar-refractivity contribution in [2.75, 3.05) is 23.3 Å². The predicted molar refractivity (Wildman–Crippen MR) is 114 cm³/mol. The molecule has 27 heavy (non-hydrogen) atoms. The van der Waals surface area contributed by atoms with Crippen molar-refractivity contribution >= 4 is 32.9 Å². The zero-order valence-electron chi connectivity index (χ0n) is 16.3. The third kappa shape index (κ3) is 3.34. The quantitative estimate of drug-likeness (QED) is 0.688. The van der Waals surface area contributed by atoms with Gasteiger partial charge in [0.15, 0.2) is 0 Å². The van der Waals surface area contributed by atoms with E-state index in [-0.39, 0.29) is 11.6 Å². The summed E-state index contributed by atoms with van der Waals surface area (Å²) in [6, 6.07) is 6.41. The van der Waals surface area contributed by atoms with Gasteiger partial charge in [-0.3, -0.25) is 4.79 Å². The third-order valence-electron chi connectivity index (χ3n) is 5.49. The van der Waals surface area contributed by atoms with Crippen LogP contribution < -0.4 is 15.8 Å². The lowest BCUT2D eigenvalue weighted by molar-refractivity contribution is 0.792. The Morgan fingerprint density at radius 2 is 1.96 bits per heavy atom. The monoisotopic (exact) mass is 382 g/mol. The van der Waals surface area contributed by atoms with Crippen molar-refractivity contribution in [2.24, 2.45) is 0 Å². The number of nitrogens with zero attached hydrogens (tertiary/aromatic N) is 2. The topological polar surface area (TPSA) is 61.0 Å². The molecule has 1 atom stereocenters. The van der Waals surface area contributed by atoms with E-state index in [1.807, 2.05) is 20.8 Å². The molecule has 0 radical (unpaired) electrons. The number of hydrogen-bond acceptors (Lipinski definition) is 5. The highest BCUT2D eigenvalue weighted by atomic mass is 32.1. The minimum absolute atomic E-state index is 0.0499. The fourth-order valence-corrected chi connectivity index (χ4v) is 4.89. The number of anilines is 2. The van der Waals surface area contributed by atoms with Gasteiger partial charge in [-0.05, 0) is 69.9 Å². The van der Waals surface area contributed by atoms with E-state index in [1.165, 1.54) is 24.1 Å². The van der Waals surface area contributed by atoms with Crippen molar-refractivity contribution in [1.82, 2.24) is 9.97 Å². The normalized spacial score (nSPS) is 15.5. The average molecular weight is 383 g/mol. The molecule has 1 aliphatic rings. The minimum atomic E-state index is -0.0816. The molecule has 1 saturated heterocycles. The molecule has 1 unspecified atom stereocenters. The van der Waals surface area contributed by atoms with E-state index >= 15 is 0 Å². The van der Waals surface area contributed by atoms with Gasteiger partial charge in [-0.1, -0.05) is 0 Å². The van der Waals surface area contributed by atoms with Crippen molar-refractivity contribution in [2.45, 2.75) is 46.6 Å². The molecule has 4 rings (SSSR count). The summed E-state index contributed by atoms with van der Waals surface area (Å²) in [6.07, 6.45) is 2.55. The van der Waals surface area contributed by atoms with Crippen LogP contribution in [0.2, 0.25) is 0 Å². The van der Waals surface area contributed by atoms with Crippen molar-refractivity contribution in [3.63, 3.8) is 0 Å². The molecule has 3 aromatic rings. The standard InChI is InChI=1S/C21H26N4OS/c1-12-11-16(7-8-17(12)25-9-5-6-10-25)22-14(3)19-23-20(26)18-13(2)15(4)27-21(18)24-19/h7-8,11,14,22H,5-6,9-10H2,1-4H3,(H,23,24,26). The van der Waals surface area contributed by atoms with Gasteiger partial charge in [-0.2, -0.15) is 0 Å². The van der Waals surface area contributed by atoms with Crippen LogP contribution in [-0.2, 0) is 0 Å². The first-order valence-corrected chi connectivity index (χ1v) is 10.4. The highest BCUT2D eigenvalue weighted by Crippen LogP contribution is 2.29. The molecule has 0 amide bonds. The number of hydrogen-bond donors (Lipinski definition) is 2. The van der Waals surface area contributed by atoms with Gasteiger partial charge in [0.05, 0.1) is 11.4 Å². The van der Waals surface area contributed by atoms with Gasteiger partial charge in [0.25, 0.3) is 5.56 Å². The van der Waals surface area contributed by atoms with E-state index in [0.717, 1.165) is 39.4 Å². The number of aromatic amines is 1. The number of benzene rings is 1. The molecule has 142 valence electrons. The highest BCUT2D eigenvalue weighted by Gasteiger charge is 2.17. The first-order valence-electron chi connectivity index (χ1n) is 9.56. The predicted octanol–water partition coefficient (Wildman–Crippen LogP) is 4.68. The molecule has 2 aromatic heterocycles. The second kappa shape index (κ2) is 7.00. The van der Waals surface area contributed by atoms with Crippen LogP contribution in [-0.4, -0.2) is 23.1 Å². The van der Waals surface area contributed by atoms with Gasteiger partial charge in [-0.25, -0.2) is 4.98 Å². The van der Waals surface area contributed by atoms with Gasteiger partial charge in [0.1, 0.15) is 10.7 Å². The maximum absolute atomic E-state index is 12.5. The zero-order valence-corrected chi connectivity index (χ0v) is 17.2. The highest BCUT2D eigenvalue weighted by molar-refractivity contribution is 7.18. The average Bonchev–Trinajstić information content (AvgIpc) is 3.24. The molecule has 0 saturated carbocycles. The van der Waals surface area contributed by atoms with Gasteiger partial charge in [0.2, 0.25) is 0 Å². The summed E-state index contributed by atoms with van der Waals surface area (Å²) in [7, 11) is 0. The lowest BCUT2D eigenvalue weighted by Crippen LogP contribution is -2.19. The van der Waals surface area contributed by atoms with Crippen molar-refractivity contribution in [1.29, 1.82) is 0 Å². The molecule has 2 N–H and O–H groups in total. The summed E-state index contributed by atoms with van der Waals surface area (Å²) in [6.45, 7) is 10.5. The number of fused-ring (bicyclic) bond motifs is 1. The van der Waals surface area contributed by atoms with Gasteiger partial charge in [-0.15, -0.1) is 11.3 Å². The molecular weight excluding hydrogens is 356 g/mol. The first-order chi connectivity index (χ1) is 12.9. The van der Waals surface area contributed by atoms with E-state index < -0.39 is 0 Å². The Morgan fingerprint density at radius 1 is 1.22 bits per heavy atom. The number of aromatic nitrogens is 2. The molecule has 0 aliphatic carbocycles. The van der Waals surface area contributed by atoms with Crippen LogP contribution in [0.15, 0.2) is 23.0 Å². The van der Waals surface area contributed by atoms with Crippen LogP contribution in [0.5, 0.6) is 0 Å². The molecule has 6 heteroatoms. The lowest BCUT2D eigenvalue weighted by Gasteiger charge is -2.22. The van der Waals surface area contributed by atoms with Gasteiger partial charge >= 0.3 is 0 Å². The van der Waals surface area contributed by atoms with Crippen LogP contribution >= 0.6 is 11.3 Å². The summed E-state index contributed by atoms with van der Waals surface area (Å²) < 4.78 is 0. The number of H-pyrrole nitrogens is 1. The SMILES string of the molecule is Cc1cc(NC(C)c2nc3sc(C)c(C)c3c(=O)[nH]2)ccc1N1CCCC1. The number of thiophene rings is 1. The van der Waals surface area contributed by atoms with Crippen molar-refractivity contribution in [3.05, 3.63) is 50.4 Å². The molecule has 0 spiro atoms. The Bertz CT molecular complexity index is 1050. The van der Waals surface area contributed by atoms with Crippen LogP contribution in [0.1, 0.15) is 47.6 Å². The third-order valence-corrected chi connectivity index (χ3v) is 6.60. The molecule has 5 nitrogen and oxygen atoms in total. The van der Waals surface area contributed by atoms with Gasteiger partial charge < -0.3 is 15.2 Å². The number of aryl methyl sites for hydroxylation is 3. The zero-order chi connectivity index (χ0) is 19.1. The Kier molecular flexibility index (Phi) is 4.68. The van der Waals surface area contributed by atoms with Crippen LogP contribution in [0, 0.1) is 20.8 Å². The summed E-state index contributed by atoms with van der Waals surface area (Å²) in [5.74, 6) is 0.676. The Labute approximate surface area is 163 Å². The number of nitrogens with one attached hydrogen (secondary N) is 2. The summed E-state index contributed by atoms with van der Waals surface area (Å²) in [4.78, 5) is 24.6. The summed E-state index contributed by atoms with van der Waals surface area (Å²) in [5.41, 5.74) is 4.62. The van der Waals surface area contributed by atoms with E-state index in [2.05, 4.69) is 40.3 Å². The largest absolute Gasteiger partial charge is 0.375 e. The second-order valence-corrected chi connectivity index (χ2v) is 8.68.